The normalized spacial score (nSPS) is 15.8. The van der Waals surface area contributed by atoms with E-state index < -0.39 is 12.0 Å². The number of rotatable bonds is 5. The van der Waals surface area contributed by atoms with Crippen LogP contribution in [0.4, 0.5) is 0 Å². The van der Waals surface area contributed by atoms with Crippen molar-refractivity contribution >= 4 is 23.4 Å². The lowest BCUT2D eigenvalue weighted by Gasteiger charge is -2.24. The van der Waals surface area contributed by atoms with E-state index in [0.29, 0.717) is 32.1 Å². The lowest BCUT2D eigenvalue weighted by molar-refractivity contribution is -0.136. The highest BCUT2D eigenvalue weighted by molar-refractivity contribution is 7.07. The molecule has 0 saturated carbocycles. The minimum absolute atomic E-state index is 0.230. The molecule has 0 amide bonds. The van der Waals surface area contributed by atoms with Crippen molar-refractivity contribution in [2.75, 3.05) is 21.3 Å². The molecule has 1 atom stereocenters. The number of aromatic nitrogens is 1. The van der Waals surface area contributed by atoms with Crippen LogP contribution in [0.2, 0.25) is 0 Å². The number of esters is 1. The SMILES string of the molecule is COC(=O)C1=C(C)N=c2s/c(=C\c3cccc(OC)c3)c(=O)n2C1c1ccc(OC)cc1. The molecule has 1 aromatic heterocycles. The molecular formula is C24H22N2O5S. The zero-order valence-electron chi connectivity index (χ0n) is 18.1. The molecule has 0 aliphatic carbocycles. The Morgan fingerprint density at radius 3 is 2.44 bits per heavy atom. The summed E-state index contributed by atoms with van der Waals surface area (Å²) in [5.41, 5.74) is 2.21. The number of hydrogen-bond donors (Lipinski definition) is 0. The summed E-state index contributed by atoms with van der Waals surface area (Å²) >= 11 is 1.28. The first kappa shape index (κ1) is 21.6. The molecule has 0 saturated heterocycles. The van der Waals surface area contributed by atoms with Crippen LogP contribution in [-0.2, 0) is 9.53 Å². The maximum atomic E-state index is 13.5. The second kappa shape index (κ2) is 8.84. The van der Waals surface area contributed by atoms with Gasteiger partial charge in [0, 0.05) is 0 Å². The van der Waals surface area contributed by atoms with Crippen molar-refractivity contribution in [3.8, 4) is 11.5 Å². The lowest BCUT2D eigenvalue weighted by atomic mass is 9.96. The second-order valence-corrected chi connectivity index (χ2v) is 8.13. The topological polar surface area (TPSA) is 79.1 Å². The third-order valence-electron chi connectivity index (χ3n) is 5.25. The van der Waals surface area contributed by atoms with Gasteiger partial charge in [-0.1, -0.05) is 35.6 Å². The van der Waals surface area contributed by atoms with E-state index in [9.17, 15) is 9.59 Å². The van der Waals surface area contributed by atoms with E-state index >= 15 is 0 Å². The lowest BCUT2D eigenvalue weighted by Crippen LogP contribution is -2.39. The number of carbonyl (C=O) groups excluding carboxylic acids is 1. The molecule has 1 aliphatic heterocycles. The van der Waals surface area contributed by atoms with Gasteiger partial charge in [-0.25, -0.2) is 9.79 Å². The van der Waals surface area contributed by atoms with Gasteiger partial charge in [0.05, 0.1) is 43.2 Å². The summed E-state index contributed by atoms with van der Waals surface area (Å²) in [4.78, 5) is 31.2. The third kappa shape index (κ3) is 3.85. The summed E-state index contributed by atoms with van der Waals surface area (Å²) in [5.74, 6) is 0.861. The Hall–Kier alpha value is -3.65. The number of carbonyl (C=O) groups is 1. The molecule has 32 heavy (non-hydrogen) atoms. The van der Waals surface area contributed by atoms with Crippen LogP contribution < -0.4 is 24.4 Å². The fourth-order valence-corrected chi connectivity index (χ4v) is 4.72. The van der Waals surface area contributed by atoms with Crippen molar-refractivity contribution in [3.05, 3.63) is 90.6 Å². The van der Waals surface area contributed by atoms with E-state index in [-0.39, 0.29) is 5.56 Å². The maximum absolute atomic E-state index is 13.5. The summed E-state index contributed by atoms with van der Waals surface area (Å²) in [6.45, 7) is 1.75. The minimum atomic E-state index is -0.655. The summed E-state index contributed by atoms with van der Waals surface area (Å²) < 4.78 is 17.6. The van der Waals surface area contributed by atoms with Crippen molar-refractivity contribution in [2.24, 2.45) is 4.99 Å². The molecule has 3 aromatic rings. The molecular weight excluding hydrogens is 428 g/mol. The smallest absolute Gasteiger partial charge is 0.338 e. The molecule has 0 spiro atoms. The summed E-state index contributed by atoms with van der Waals surface area (Å²) in [6, 6.07) is 14.1. The van der Waals surface area contributed by atoms with Crippen molar-refractivity contribution < 1.29 is 19.0 Å². The van der Waals surface area contributed by atoms with Crippen LogP contribution in [-0.4, -0.2) is 31.9 Å². The maximum Gasteiger partial charge on any atom is 0.338 e. The molecule has 0 radical (unpaired) electrons. The average molecular weight is 451 g/mol. The van der Waals surface area contributed by atoms with Gasteiger partial charge in [-0.15, -0.1) is 0 Å². The number of allylic oxidation sites excluding steroid dienone is 1. The predicted molar refractivity (Wildman–Crippen MR) is 122 cm³/mol. The first-order valence-electron chi connectivity index (χ1n) is 9.85. The van der Waals surface area contributed by atoms with Crippen molar-refractivity contribution in [1.29, 1.82) is 0 Å². The van der Waals surface area contributed by atoms with Crippen LogP contribution in [0.15, 0.2) is 69.6 Å². The Morgan fingerprint density at radius 2 is 1.78 bits per heavy atom. The predicted octanol–water partition coefficient (Wildman–Crippen LogP) is 2.43. The monoisotopic (exact) mass is 450 g/mol. The van der Waals surface area contributed by atoms with Crippen molar-refractivity contribution in [1.82, 2.24) is 4.57 Å². The number of methoxy groups -OCH3 is 3. The molecule has 8 heteroatoms. The summed E-state index contributed by atoms with van der Waals surface area (Å²) in [5, 5.41) is 0. The van der Waals surface area contributed by atoms with Gasteiger partial charge >= 0.3 is 5.97 Å². The van der Waals surface area contributed by atoms with Crippen molar-refractivity contribution in [3.63, 3.8) is 0 Å². The van der Waals surface area contributed by atoms with Gasteiger partial charge in [0.15, 0.2) is 4.80 Å². The number of thiazole rings is 1. The molecule has 0 fully saturated rings. The van der Waals surface area contributed by atoms with Gasteiger partial charge in [0.1, 0.15) is 11.5 Å². The Kier molecular flexibility index (Phi) is 5.96. The quantitative estimate of drug-likeness (QED) is 0.558. The standard InChI is InChI=1S/C24H22N2O5S/c1-14-20(23(28)31-4)21(16-8-10-17(29-2)11-9-16)26-22(27)19(32-24(26)25-14)13-15-6-5-7-18(12-15)30-3/h5-13,21H,1-4H3/b19-13-. The third-order valence-corrected chi connectivity index (χ3v) is 6.23. The molecule has 0 N–H and O–H groups in total. The first-order chi connectivity index (χ1) is 15.5. The Labute approximate surface area is 188 Å². The van der Waals surface area contributed by atoms with E-state index in [1.54, 1.807) is 43.9 Å². The number of fused-ring (bicyclic) bond motifs is 1. The molecule has 0 bridgehead atoms. The van der Waals surface area contributed by atoms with Gasteiger partial charge in [0.25, 0.3) is 5.56 Å². The highest BCUT2D eigenvalue weighted by Gasteiger charge is 2.33. The van der Waals surface area contributed by atoms with Crippen LogP contribution in [0, 0.1) is 0 Å². The Balaban J connectivity index is 1.94. The molecule has 2 aromatic carbocycles. The van der Waals surface area contributed by atoms with E-state index in [2.05, 4.69) is 4.99 Å². The fraction of sp³-hybridized carbons (Fsp3) is 0.208. The summed E-state index contributed by atoms with van der Waals surface area (Å²) in [6.07, 6.45) is 1.80. The van der Waals surface area contributed by atoms with E-state index in [0.717, 1.165) is 11.1 Å². The van der Waals surface area contributed by atoms with E-state index in [1.807, 2.05) is 36.4 Å². The Bertz CT molecular complexity index is 1380. The van der Waals surface area contributed by atoms with Crippen LogP contribution >= 0.6 is 11.3 Å². The zero-order chi connectivity index (χ0) is 22.8. The van der Waals surface area contributed by atoms with E-state index in [4.69, 9.17) is 14.2 Å². The van der Waals surface area contributed by atoms with Gasteiger partial charge < -0.3 is 14.2 Å². The van der Waals surface area contributed by atoms with Gasteiger partial charge in [0.2, 0.25) is 0 Å². The van der Waals surface area contributed by atoms with E-state index in [1.165, 1.54) is 18.4 Å². The fourth-order valence-electron chi connectivity index (χ4n) is 3.68. The largest absolute Gasteiger partial charge is 0.497 e. The van der Waals surface area contributed by atoms with Crippen LogP contribution in [0.3, 0.4) is 0 Å². The number of benzene rings is 2. The van der Waals surface area contributed by atoms with Crippen molar-refractivity contribution in [2.45, 2.75) is 13.0 Å². The van der Waals surface area contributed by atoms with Crippen LogP contribution in [0.25, 0.3) is 6.08 Å². The minimum Gasteiger partial charge on any atom is -0.497 e. The highest BCUT2D eigenvalue weighted by atomic mass is 32.1. The second-order valence-electron chi connectivity index (χ2n) is 7.12. The molecule has 1 unspecified atom stereocenters. The molecule has 7 nitrogen and oxygen atoms in total. The number of nitrogens with zero attached hydrogens (tertiary/aromatic N) is 2. The average Bonchev–Trinajstić information content (AvgIpc) is 3.12. The first-order valence-corrected chi connectivity index (χ1v) is 10.7. The van der Waals surface area contributed by atoms with Crippen LogP contribution in [0.5, 0.6) is 11.5 Å². The molecule has 164 valence electrons. The van der Waals surface area contributed by atoms with Gasteiger partial charge in [-0.3, -0.25) is 9.36 Å². The number of ether oxygens (including phenoxy) is 3. The zero-order valence-corrected chi connectivity index (χ0v) is 18.9. The van der Waals surface area contributed by atoms with Gasteiger partial charge in [-0.05, 0) is 48.4 Å². The number of hydrogen-bond acceptors (Lipinski definition) is 7. The summed E-state index contributed by atoms with van der Waals surface area (Å²) in [7, 11) is 4.50. The van der Waals surface area contributed by atoms with Crippen LogP contribution in [0.1, 0.15) is 24.1 Å². The highest BCUT2D eigenvalue weighted by Crippen LogP contribution is 2.31. The molecule has 2 heterocycles. The Morgan fingerprint density at radius 1 is 1.06 bits per heavy atom. The molecule has 1 aliphatic rings. The molecule has 4 rings (SSSR count). The van der Waals surface area contributed by atoms with Gasteiger partial charge in [-0.2, -0.15) is 0 Å².